The SMILES string of the molecule is [C-]#[N+]c1ccc2c(c1)c1c(-c3cccc4c5ccccc5n(-c5ccc(C#N)cc5)c34)cccc1n2-c1ccccc1[N+]#[C-]. The molecule has 8 aromatic rings. The fraction of sp³-hybridized carbons (Fsp3) is 0. The molecule has 0 saturated carbocycles. The molecule has 0 radical (unpaired) electrons. The van der Waals surface area contributed by atoms with Crippen molar-refractivity contribution >= 4 is 55.0 Å². The first-order valence-corrected chi connectivity index (χ1v) is 14.2. The van der Waals surface area contributed by atoms with Crippen LogP contribution in [0.25, 0.3) is 75.8 Å². The molecule has 5 nitrogen and oxygen atoms in total. The van der Waals surface area contributed by atoms with Crippen molar-refractivity contribution in [3.05, 3.63) is 156 Å². The number of para-hydroxylation sites is 4. The normalized spacial score (nSPS) is 11.1. The summed E-state index contributed by atoms with van der Waals surface area (Å²) in [4.78, 5) is 7.59. The smallest absolute Gasteiger partial charge is 0.210 e. The lowest BCUT2D eigenvalue weighted by Crippen LogP contribution is -1.96. The molecule has 0 fully saturated rings. The van der Waals surface area contributed by atoms with Crippen molar-refractivity contribution in [2.75, 3.05) is 0 Å². The number of fused-ring (bicyclic) bond motifs is 6. The van der Waals surface area contributed by atoms with Crippen LogP contribution < -0.4 is 0 Å². The van der Waals surface area contributed by atoms with Gasteiger partial charge in [-0.3, -0.25) is 0 Å². The van der Waals surface area contributed by atoms with E-state index in [-0.39, 0.29) is 0 Å². The summed E-state index contributed by atoms with van der Waals surface area (Å²) in [5, 5.41) is 13.7. The topological polar surface area (TPSA) is 42.4 Å². The molecule has 44 heavy (non-hydrogen) atoms. The summed E-state index contributed by atoms with van der Waals surface area (Å²) in [5.74, 6) is 0. The van der Waals surface area contributed by atoms with Gasteiger partial charge in [0.15, 0.2) is 5.69 Å². The van der Waals surface area contributed by atoms with Crippen LogP contribution >= 0.6 is 0 Å². The molecule has 0 aliphatic heterocycles. The van der Waals surface area contributed by atoms with Crippen LogP contribution in [0.4, 0.5) is 11.4 Å². The molecule has 0 amide bonds. The van der Waals surface area contributed by atoms with Gasteiger partial charge in [-0.15, -0.1) is 0 Å². The highest BCUT2D eigenvalue weighted by molar-refractivity contribution is 6.21. The van der Waals surface area contributed by atoms with Gasteiger partial charge in [-0.1, -0.05) is 72.8 Å². The lowest BCUT2D eigenvalue weighted by molar-refractivity contribution is 1.18. The number of nitriles is 1. The van der Waals surface area contributed by atoms with Crippen LogP contribution in [0, 0.1) is 24.5 Å². The summed E-state index contributed by atoms with van der Waals surface area (Å²) in [6.45, 7) is 15.6. The van der Waals surface area contributed by atoms with Gasteiger partial charge >= 0.3 is 0 Å². The predicted octanol–water partition coefficient (Wildman–Crippen LogP) is 10.5. The van der Waals surface area contributed by atoms with Gasteiger partial charge in [0.25, 0.3) is 0 Å². The van der Waals surface area contributed by atoms with Crippen LogP contribution in [0.2, 0.25) is 0 Å². The third-order valence-electron chi connectivity index (χ3n) is 8.39. The third kappa shape index (κ3) is 3.56. The second kappa shape index (κ2) is 9.74. The van der Waals surface area contributed by atoms with Crippen LogP contribution in [-0.2, 0) is 0 Å². The van der Waals surface area contributed by atoms with Gasteiger partial charge in [-0.25, -0.2) is 9.69 Å². The molecule has 0 N–H and O–H groups in total. The second-order valence-electron chi connectivity index (χ2n) is 10.7. The molecule has 0 bridgehead atoms. The van der Waals surface area contributed by atoms with Crippen molar-refractivity contribution in [2.24, 2.45) is 0 Å². The lowest BCUT2D eigenvalue weighted by Gasteiger charge is -2.13. The predicted molar refractivity (Wildman–Crippen MR) is 178 cm³/mol. The van der Waals surface area contributed by atoms with Gasteiger partial charge in [0.2, 0.25) is 5.69 Å². The lowest BCUT2D eigenvalue weighted by atomic mass is 9.97. The van der Waals surface area contributed by atoms with Gasteiger partial charge in [0, 0.05) is 27.4 Å². The molecule has 5 heteroatoms. The minimum absolute atomic E-state index is 0.564. The molecule has 2 aromatic heterocycles. The van der Waals surface area contributed by atoms with Crippen LogP contribution in [0.1, 0.15) is 5.56 Å². The van der Waals surface area contributed by atoms with E-state index in [1.807, 2.05) is 66.7 Å². The summed E-state index contributed by atoms with van der Waals surface area (Å²) < 4.78 is 4.42. The molecule has 0 spiro atoms. The summed E-state index contributed by atoms with van der Waals surface area (Å²) >= 11 is 0. The Bertz CT molecular complexity index is 2580. The molecule has 2 heterocycles. The Labute approximate surface area is 253 Å². The average Bonchev–Trinajstić information content (AvgIpc) is 3.61. The van der Waals surface area contributed by atoms with Crippen LogP contribution in [0.3, 0.4) is 0 Å². The van der Waals surface area contributed by atoms with Crippen LogP contribution in [0.15, 0.2) is 127 Å². The highest BCUT2D eigenvalue weighted by atomic mass is 15.0. The third-order valence-corrected chi connectivity index (χ3v) is 8.39. The van der Waals surface area contributed by atoms with Crippen molar-refractivity contribution in [1.82, 2.24) is 9.13 Å². The Hall–Kier alpha value is -6.61. The summed E-state index contributed by atoms with van der Waals surface area (Å²) in [6.07, 6.45) is 0. The van der Waals surface area contributed by atoms with Crippen molar-refractivity contribution in [3.8, 4) is 28.6 Å². The fourth-order valence-corrected chi connectivity index (χ4v) is 6.55. The number of benzene rings is 6. The maximum Gasteiger partial charge on any atom is 0.210 e. The minimum Gasteiger partial charge on any atom is -0.319 e. The Morgan fingerprint density at radius 2 is 1.27 bits per heavy atom. The number of nitrogens with zero attached hydrogens (tertiary/aromatic N) is 5. The first kappa shape index (κ1) is 25.1. The van der Waals surface area contributed by atoms with E-state index in [4.69, 9.17) is 13.1 Å². The highest BCUT2D eigenvalue weighted by Crippen LogP contribution is 2.44. The van der Waals surface area contributed by atoms with E-state index in [0.717, 1.165) is 66.1 Å². The highest BCUT2D eigenvalue weighted by Gasteiger charge is 2.21. The number of aromatic nitrogens is 2. The van der Waals surface area contributed by atoms with Crippen molar-refractivity contribution in [3.63, 3.8) is 0 Å². The van der Waals surface area contributed by atoms with E-state index in [2.05, 4.69) is 85.6 Å². The largest absolute Gasteiger partial charge is 0.319 e. The Balaban J connectivity index is 1.54. The molecule has 0 aliphatic rings. The summed E-state index contributed by atoms with van der Waals surface area (Å²) in [6, 6.07) is 44.5. The monoisotopic (exact) mass is 559 g/mol. The maximum atomic E-state index is 9.44. The molecule has 0 aliphatic carbocycles. The van der Waals surface area contributed by atoms with E-state index >= 15 is 0 Å². The van der Waals surface area contributed by atoms with Crippen LogP contribution in [0.5, 0.6) is 0 Å². The van der Waals surface area contributed by atoms with E-state index in [9.17, 15) is 5.26 Å². The van der Waals surface area contributed by atoms with E-state index in [1.165, 1.54) is 0 Å². The maximum absolute atomic E-state index is 9.44. The molecule has 0 saturated heterocycles. The molecule has 0 atom stereocenters. The Kier molecular flexibility index (Phi) is 5.56. The van der Waals surface area contributed by atoms with Crippen molar-refractivity contribution < 1.29 is 0 Å². The Morgan fingerprint density at radius 1 is 0.568 bits per heavy atom. The zero-order chi connectivity index (χ0) is 29.8. The standard InChI is InChI=1S/C39H21N5/c1-41-26-19-22-35-32(23-26)38-29(10-8-16-37(38)44(35)36-15-6-4-13-33(36)42-2)31-12-7-11-30-28-9-3-5-14-34(28)43(39(30)31)27-20-17-25(24-40)18-21-27/h3-23H. The van der Waals surface area contributed by atoms with Gasteiger partial charge in [-0.2, -0.15) is 5.26 Å². The van der Waals surface area contributed by atoms with Gasteiger partial charge in [-0.05, 0) is 65.5 Å². The zero-order valence-electron chi connectivity index (χ0n) is 23.4. The number of hydrogen-bond donors (Lipinski definition) is 0. The van der Waals surface area contributed by atoms with Crippen LogP contribution in [-0.4, -0.2) is 9.13 Å². The van der Waals surface area contributed by atoms with E-state index < -0.39 is 0 Å². The first-order valence-electron chi connectivity index (χ1n) is 14.2. The molecule has 8 rings (SSSR count). The van der Waals surface area contributed by atoms with Crippen molar-refractivity contribution in [1.29, 1.82) is 5.26 Å². The summed E-state index contributed by atoms with van der Waals surface area (Å²) in [7, 11) is 0. The zero-order valence-corrected chi connectivity index (χ0v) is 23.4. The molecule has 6 aromatic carbocycles. The first-order chi connectivity index (χ1) is 21.7. The average molecular weight is 560 g/mol. The molecular weight excluding hydrogens is 538 g/mol. The van der Waals surface area contributed by atoms with Gasteiger partial charge in [0.1, 0.15) is 0 Å². The molecule has 202 valence electrons. The second-order valence-corrected chi connectivity index (χ2v) is 10.7. The summed E-state index contributed by atoms with van der Waals surface area (Å²) in [5.41, 5.74) is 9.66. The van der Waals surface area contributed by atoms with E-state index in [1.54, 1.807) is 0 Å². The molecule has 0 unspecified atom stereocenters. The minimum atomic E-state index is 0.564. The Morgan fingerprint density at radius 3 is 2.09 bits per heavy atom. The van der Waals surface area contributed by atoms with Gasteiger partial charge < -0.3 is 9.13 Å². The number of rotatable bonds is 3. The van der Waals surface area contributed by atoms with Crippen molar-refractivity contribution in [2.45, 2.75) is 0 Å². The van der Waals surface area contributed by atoms with E-state index in [0.29, 0.717) is 16.9 Å². The quantitative estimate of drug-likeness (QED) is 0.199. The molecular formula is C39H21N5. The van der Waals surface area contributed by atoms with Gasteiger partial charge in [0.05, 0.1) is 52.5 Å². The number of hydrogen-bond acceptors (Lipinski definition) is 1. The fourth-order valence-electron chi connectivity index (χ4n) is 6.55.